The van der Waals surface area contributed by atoms with Crippen molar-refractivity contribution in [3.8, 4) is 5.88 Å². The first-order valence-electron chi connectivity index (χ1n) is 9.44. The van der Waals surface area contributed by atoms with Gasteiger partial charge in [0.2, 0.25) is 5.88 Å². The van der Waals surface area contributed by atoms with Gasteiger partial charge in [0.25, 0.3) is 0 Å². The van der Waals surface area contributed by atoms with Crippen LogP contribution in [0.1, 0.15) is 29.5 Å². The highest BCUT2D eigenvalue weighted by Gasteiger charge is 2.20. The number of hydrogen-bond donors (Lipinski definition) is 2. The fourth-order valence-corrected chi connectivity index (χ4v) is 3.32. The average Bonchev–Trinajstić information content (AvgIpc) is 2.70. The van der Waals surface area contributed by atoms with Crippen LogP contribution in [0.3, 0.4) is 0 Å². The number of nitrogens with one attached hydrogen (secondary N) is 2. The number of aromatic nitrogens is 1. The molecular weight excluding hydrogens is 340 g/mol. The van der Waals surface area contributed by atoms with E-state index in [-0.39, 0.29) is 12.1 Å². The predicted octanol–water partition coefficient (Wildman–Crippen LogP) is 2.86. The summed E-state index contributed by atoms with van der Waals surface area (Å²) in [6.45, 7) is 5.60. The monoisotopic (exact) mass is 368 g/mol. The molecule has 1 saturated heterocycles. The van der Waals surface area contributed by atoms with Gasteiger partial charge in [0.15, 0.2) is 0 Å². The fraction of sp³-hybridized carbons (Fsp3) is 0.429. The topological polar surface area (TPSA) is 66.5 Å². The summed E-state index contributed by atoms with van der Waals surface area (Å²) >= 11 is 0. The number of amides is 2. The van der Waals surface area contributed by atoms with Crippen molar-refractivity contribution >= 4 is 6.03 Å². The molecule has 0 spiro atoms. The van der Waals surface area contributed by atoms with Crippen LogP contribution in [0.25, 0.3) is 0 Å². The van der Waals surface area contributed by atoms with Crippen LogP contribution < -0.4 is 15.4 Å². The molecule has 2 amide bonds. The number of ether oxygens (including phenoxy) is 1. The molecule has 2 aromatic rings. The SMILES string of the molecule is COc1ccc(CNC(=O)NC2CCN(Cc3ccccc3C)CC2)cn1. The summed E-state index contributed by atoms with van der Waals surface area (Å²) in [5.41, 5.74) is 3.67. The normalized spacial score (nSPS) is 15.3. The predicted molar refractivity (Wildman–Crippen MR) is 106 cm³/mol. The number of rotatable bonds is 6. The summed E-state index contributed by atoms with van der Waals surface area (Å²) in [4.78, 5) is 18.7. The number of nitrogens with zero attached hydrogens (tertiary/aromatic N) is 2. The maximum Gasteiger partial charge on any atom is 0.315 e. The smallest absolute Gasteiger partial charge is 0.315 e. The molecule has 0 bridgehead atoms. The standard InChI is InChI=1S/C21H28N4O2/c1-16-5-3-4-6-18(16)15-25-11-9-19(10-12-25)24-21(26)23-14-17-7-8-20(27-2)22-13-17/h3-8,13,19H,9-12,14-15H2,1-2H3,(H2,23,24,26). The van der Waals surface area contributed by atoms with E-state index in [1.807, 2.05) is 6.07 Å². The van der Waals surface area contributed by atoms with Gasteiger partial charge in [-0.3, -0.25) is 4.90 Å². The molecule has 1 fully saturated rings. The second-order valence-electron chi connectivity index (χ2n) is 7.01. The van der Waals surface area contributed by atoms with E-state index in [2.05, 4.69) is 51.7 Å². The Morgan fingerprint density at radius 1 is 1.22 bits per heavy atom. The summed E-state index contributed by atoms with van der Waals surface area (Å²) < 4.78 is 5.03. The van der Waals surface area contributed by atoms with Crippen LogP contribution in [0.4, 0.5) is 4.79 Å². The van der Waals surface area contributed by atoms with E-state index >= 15 is 0 Å². The van der Waals surface area contributed by atoms with Crippen molar-refractivity contribution < 1.29 is 9.53 Å². The minimum Gasteiger partial charge on any atom is -0.481 e. The lowest BCUT2D eigenvalue weighted by atomic mass is 10.0. The van der Waals surface area contributed by atoms with Crippen molar-refractivity contribution in [1.29, 1.82) is 0 Å². The highest BCUT2D eigenvalue weighted by Crippen LogP contribution is 2.16. The molecule has 0 unspecified atom stereocenters. The van der Waals surface area contributed by atoms with Crippen LogP contribution in [0, 0.1) is 6.92 Å². The molecule has 1 aliphatic rings. The Balaban J connectivity index is 1.38. The first kappa shape index (κ1) is 19.2. The fourth-order valence-electron chi connectivity index (χ4n) is 3.32. The molecule has 2 heterocycles. The molecule has 0 saturated carbocycles. The first-order valence-corrected chi connectivity index (χ1v) is 9.44. The number of methoxy groups -OCH3 is 1. The van der Waals surface area contributed by atoms with Gasteiger partial charge < -0.3 is 15.4 Å². The molecule has 3 rings (SSSR count). The number of likely N-dealkylation sites (tertiary alicyclic amines) is 1. The number of hydrogen-bond acceptors (Lipinski definition) is 4. The quantitative estimate of drug-likeness (QED) is 0.823. The maximum absolute atomic E-state index is 12.1. The number of benzene rings is 1. The summed E-state index contributed by atoms with van der Waals surface area (Å²) in [6.07, 6.45) is 3.66. The van der Waals surface area contributed by atoms with E-state index in [0.29, 0.717) is 12.4 Å². The van der Waals surface area contributed by atoms with Crippen LogP contribution in [-0.2, 0) is 13.1 Å². The number of urea groups is 1. The van der Waals surface area contributed by atoms with Crippen LogP contribution in [-0.4, -0.2) is 42.2 Å². The second kappa shape index (κ2) is 9.37. The van der Waals surface area contributed by atoms with Crippen molar-refractivity contribution in [2.45, 2.75) is 38.9 Å². The van der Waals surface area contributed by atoms with Crippen molar-refractivity contribution in [2.75, 3.05) is 20.2 Å². The maximum atomic E-state index is 12.1. The molecule has 0 aliphatic carbocycles. The third-order valence-corrected chi connectivity index (χ3v) is 5.04. The Morgan fingerprint density at radius 2 is 2.00 bits per heavy atom. The van der Waals surface area contributed by atoms with Gasteiger partial charge in [0, 0.05) is 44.5 Å². The summed E-state index contributed by atoms with van der Waals surface area (Å²) in [6, 6.07) is 12.3. The van der Waals surface area contributed by atoms with Crippen LogP contribution >= 0.6 is 0 Å². The zero-order chi connectivity index (χ0) is 19.1. The molecule has 0 radical (unpaired) electrons. The summed E-state index contributed by atoms with van der Waals surface area (Å²) in [5.74, 6) is 0.570. The Bertz CT molecular complexity index is 740. The van der Waals surface area contributed by atoms with Gasteiger partial charge in [0.05, 0.1) is 7.11 Å². The van der Waals surface area contributed by atoms with Gasteiger partial charge >= 0.3 is 6.03 Å². The van der Waals surface area contributed by atoms with Crippen molar-refractivity contribution in [2.24, 2.45) is 0 Å². The molecule has 6 heteroatoms. The van der Waals surface area contributed by atoms with Gasteiger partial charge in [0.1, 0.15) is 0 Å². The zero-order valence-electron chi connectivity index (χ0n) is 16.1. The lowest BCUT2D eigenvalue weighted by molar-refractivity contribution is 0.186. The number of carbonyl (C=O) groups is 1. The minimum absolute atomic E-state index is 0.122. The largest absolute Gasteiger partial charge is 0.481 e. The van der Waals surface area contributed by atoms with Crippen LogP contribution in [0.15, 0.2) is 42.6 Å². The van der Waals surface area contributed by atoms with Gasteiger partial charge in [-0.15, -0.1) is 0 Å². The number of piperidine rings is 1. The van der Waals surface area contributed by atoms with E-state index in [1.54, 1.807) is 19.4 Å². The molecule has 1 aliphatic heterocycles. The highest BCUT2D eigenvalue weighted by atomic mass is 16.5. The zero-order valence-corrected chi connectivity index (χ0v) is 16.1. The van der Waals surface area contributed by atoms with E-state index in [0.717, 1.165) is 38.0 Å². The van der Waals surface area contributed by atoms with Gasteiger partial charge in [-0.2, -0.15) is 0 Å². The summed E-state index contributed by atoms with van der Waals surface area (Å²) in [7, 11) is 1.58. The Hall–Kier alpha value is -2.60. The highest BCUT2D eigenvalue weighted by molar-refractivity contribution is 5.74. The van der Waals surface area contributed by atoms with Gasteiger partial charge in [-0.05, 0) is 36.5 Å². The number of pyridine rings is 1. The molecule has 27 heavy (non-hydrogen) atoms. The first-order chi connectivity index (χ1) is 13.1. The number of carbonyl (C=O) groups excluding carboxylic acids is 1. The number of aryl methyl sites for hydroxylation is 1. The molecule has 1 aromatic carbocycles. The van der Waals surface area contributed by atoms with Crippen molar-refractivity contribution in [3.05, 3.63) is 59.3 Å². The average molecular weight is 368 g/mol. The molecule has 0 atom stereocenters. The minimum atomic E-state index is -0.122. The van der Waals surface area contributed by atoms with Crippen LogP contribution in [0.2, 0.25) is 0 Å². The van der Waals surface area contributed by atoms with Crippen molar-refractivity contribution in [3.63, 3.8) is 0 Å². The summed E-state index contributed by atoms with van der Waals surface area (Å²) in [5, 5.41) is 5.98. The second-order valence-corrected chi connectivity index (χ2v) is 7.01. The Kier molecular flexibility index (Phi) is 6.65. The lowest BCUT2D eigenvalue weighted by Gasteiger charge is -2.32. The van der Waals surface area contributed by atoms with Crippen LogP contribution in [0.5, 0.6) is 5.88 Å². The van der Waals surface area contributed by atoms with Gasteiger partial charge in [-0.25, -0.2) is 9.78 Å². The Labute approximate surface area is 160 Å². The third-order valence-electron chi connectivity index (χ3n) is 5.04. The van der Waals surface area contributed by atoms with E-state index in [1.165, 1.54) is 11.1 Å². The van der Waals surface area contributed by atoms with Crippen molar-refractivity contribution in [1.82, 2.24) is 20.5 Å². The molecule has 6 nitrogen and oxygen atoms in total. The van der Waals surface area contributed by atoms with E-state index in [4.69, 9.17) is 4.74 Å². The Morgan fingerprint density at radius 3 is 2.67 bits per heavy atom. The lowest BCUT2D eigenvalue weighted by Crippen LogP contribution is -2.47. The molecule has 2 N–H and O–H groups in total. The van der Waals surface area contributed by atoms with Gasteiger partial charge in [-0.1, -0.05) is 30.3 Å². The third kappa shape index (κ3) is 5.69. The van der Waals surface area contributed by atoms with E-state index < -0.39 is 0 Å². The molecule has 1 aromatic heterocycles. The molecule has 144 valence electrons. The molecular formula is C21H28N4O2. The van der Waals surface area contributed by atoms with E-state index in [9.17, 15) is 4.79 Å².